The third-order valence-electron chi connectivity index (χ3n) is 2.40. The molecule has 0 unspecified atom stereocenters. The van der Waals surface area contributed by atoms with Crippen LogP contribution in [0.25, 0.3) is 0 Å². The minimum Gasteiger partial charge on any atom is -0.313 e. The van der Waals surface area contributed by atoms with E-state index < -0.39 is 10.0 Å². The van der Waals surface area contributed by atoms with Gasteiger partial charge in [-0.3, -0.25) is 0 Å². The zero-order valence-electron chi connectivity index (χ0n) is 10.4. The third-order valence-corrected chi connectivity index (χ3v) is 5.93. The number of thiophene rings is 1. The number of aromatic nitrogens is 1. The molecule has 0 fully saturated rings. The number of hydrogen-bond donors (Lipinski definition) is 2. The molecule has 0 amide bonds. The first-order chi connectivity index (χ1) is 9.12. The van der Waals surface area contributed by atoms with E-state index in [-0.39, 0.29) is 6.54 Å². The highest BCUT2D eigenvalue weighted by Gasteiger charge is 2.16. The Bertz CT molecular complexity index is 605. The van der Waals surface area contributed by atoms with Crippen molar-refractivity contribution in [3.05, 3.63) is 33.6 Å². The number of nitrogens with one attached hydrogen (secondary N) is 2. The number of nitrogens with zero attached hydrogens (tertiary/aromatic N) is 1. The average Bonchev–Trinajstić information content (AvgIpc) is 3.05. The number of thiazole rings is 1. The van der Waals surface area contributed by atoms with Crippen molar-refractivity contribution in [3.63, 3.8) is 0 Å². The fourth-order valence-electron chi connectivity index (χ4n) is 1.42. The summed E-state index contributed by atoms with van der Waals surface area (Å²) in [6.45, 7) is 3.79. The normalized spacial score (nSPS) is 11.8. The van der Waals surface area contributed by atoms with Crippen molar-refractivity contribution >= 4 is 32.7 Å². The molecular formula is C11H15N3O2S3. The molecular weight excluding hydrogens is 302 g/mol. The molecule has 2 aromatic heterocycles. The molecule has 0 aliphatic carbocycles. The molecule has 2 N–H and O–H groups in total. The van der Waals surface area contributed by atoms with E-state index in [0.29, 0.717) is 10.8 Å². The number of hydrogen-bond acceptors (Lipinski definition) is 6. The Labute approximate surface area is 120 Å². The molecule has 0 aliphatic rings. The largest absolute Gasteiger partial charge is 0.313 e. The maximum atomic E-state index is 12.1. The van der Waals surface area contributed by atoms with Crippen LogP contribution in [-0.4, -0.2) is 19.9 Å². The van der Waals surface area contributed by atoms with Crippen LogP contribution in [-0.2, 0) is 23.1 Å². The second kappa shape index (κ2) is 6.58. The minimum absolute atomic E-state index is 0.228. The molecule has 104 valence electrons. The smallest absolute Gasteiger partial charge is 0.250 e. The summed E-state index contributed by atoms with van der Waals surface area (Å²) in [5.74, 6) is 0. The molecule has 0 aromatic carbocycles. The van der Waals surface area contributed by atoms with Gasteiger partial charge < -0.3 is 5.32 Å². The van der Waals surface area contributed by atoms with Crippen LogP contribution in [0.2, 0.25) is 0 Å². The SMILES string of the molecule is CCNCc1csc(S(=O)(=O)NCc2cscn2)c1. The van der Waals surface area contributed by atoms with E-state index in [2.05, 4.69) is 15.0 Å². The zero-order valence-corrected chi connectivity index (χ0v) is 12.9. The lowest BCUT2D eigenvalue weighted by Gasteiger charge is -2.02. The van der Waals surface area contributed by atoms with Gasteiger partial charge in [-0.05, 0) is 23.6 Å². The van der Waals surface area contributed by atoms with Crippen LogP contribution >= 0.6 is 22.7 Å². The number of sulfonamides is 1. The fraction of sp³-hybridized carbons (Fsp3) is 0.364. The lowest BCUT2D eigenvalue weighted by Crippen LogP contribution is -2.22. The summed E-state index contributed by atoms with van der Waals surface area (Å²) in [7, 11) is -3.44. The zero-order chi connectivity index (χ0) is 13.7. The fourth-order valence-corrected chi connectivity index (χ4v) is 4.23. The van der Waals surface area contributed by atoms with Crippen LogP contribution in [0.1, 0.15) is 18.2 Å². The van der Waals surface area contributed by atoms with Gasteiger partial charge >= 0.3 is 0 Å². The van der Waals surface area contributed by atoms with E-state index in [1.54, 1.807) is 11.6 Å². The Morgan fingerprint density at radius 1 is 1.32 bits per heavy atom. The quantitative estimate of drug-likeness (QED) is 0.817. The van der Waals surface area contributed by atoms with Gasteiger partial charge in [0.25, 0.3) is 0 Å². The van der Waals surface area contributed by atoms with Gasteiger partial charge in [-0.15, -0.1) is 22.7 Å². The summed E-state index contributed by atoms with van der Waals surface area (Å²) in [6, 6.07) is 1.71. The maximum absolute atomic E-state index is 12.1. The highest BCUT2D eigenvalue weighted by Crippen LogP contribution is 2.20. The van der Waals surface area contributed by atoms with Crippen LogP contribution in [0, 0.1) is 0 Å². The Balaban J connectivity index is 2.00. The van der Waals surface area contributed by atoms with E-state index in [4.69, 9.17) is 0 Å². The Morgan fingerprint density at radius 2 is 2.16 bits per heavy atom. The second-order valence-corrected chi connectivity index (χ2v) is 7.48. The molecule has 0 radical (unpaired) electrons. The van der Waals surface area contributed by atoms with Gasteiger partial charge in [0.05, 0.1) is 17.7 Å². The van der Waals surface area contributed by atoms with Crippen LogP contribution in [0.15, 0.2) is 26.5 Å². The molecule has 2 heterocycles. The van der Waals surface area contributed by atoms with Crippen molar-refractivity contribution in [1.82, 2.24) is 15.0 Å². The van der Waals surface area contributed by atoms with Gasteiger partial charge in [0.2, 0.25) is 10.0 Å². The number of rotatable bonds is 7. The van der Waals surface area contributed by atoms with E-state index in [9.17, 15) is 8.42 Å². The summed E-state index contributed by atoms with van der Waals surface area (Å²) in [4.78, 5) is 4.04. The van der Waals surface area contributed by atoms with E-state index >= 15 is 0 Å². The molecule has 0 aliphatic heterocycles. The van der Waals surface area contributed by atoms with Crippen molar-refractivity contribution < 1.29 is 8.42 Å². The topological polar surface area (TPSA) is 71.1 Å². The van der Waals surface area contributed by atoms with Gasteiger partial charge in [0.1, 0.15) is 4.21 Å². The van der Waals surface area contributed by atoms with Gasteiger partial charge in [-0.2, -0.15) is 0 Å². The van der Waals surface area contributed by atoms with Gasteiger partial charge in [0, 0.05) is 11.9 Å². The molecule has 0 spiro atoms. The van der Waals surface area contributed by atoms with Gasteiger partial charge in [0.15, 0.2) is 0 Å². The standard InChI is InChI=1S/C11H15N3O2S3/c1-2-12-4-9-3-11(18-6-9)19(15,16)14-5-10-7-17-8-13-10/h3,6-8,12,14H,2,4-5H2,1H3. The monoisotopic (exact) mass is 317 g/mol. The molecule has 8 heteroatoms. The summed E-state index contributed by atoms with van der Waals surface area (Å²) in [5.41, 5.74) is 3.41. The van der Waals surface area contributed by atoms with Gasteiger partial charge in [-0.25, -0.2) is 18.1 Å². The summed E-state index contributed by atoms with van der Waals surface area (Å²) >= 11 is 2.68. The highest BCUT2D eigenvalue weighted by atomic mass is 32.2. The van der Waals surface area contributed by atoms with E-state index in [0.717, 1.165) is 17.8 Å². The first kappa shape index (κ1) is 14.6. The predicted octanol–water partition coefficient (Wildman–Crippen LogP) is 1.79. The first-order valence-corrected chi connectivity index (χ1v) is 9.07. The average molecular weight is 317 g/mol. The van der Waals surface area contributed by atoms with Crippen LogP contribution in [0.4, 0.5) is 0 Å². The molecule has 5 nitrogen and oxygen atoms in total. The summed E-state index contributed by atoms with van der Waals surface area (Å²) < 4.78 is 27.0. The van der Waals surface area contributed by atoms with Crippen molar-refractivity contribution in [2.24, 2.45) is 0 Å². The van der Waals surface area contributed by atoms with Crippen LogP contribution in [0.3, 0.4) is 0 Å². The van der Waals surface area contributed by atoms with Crippen LogP contribution < -0.4 is 10.0 Å². The highest BCUT2D eigenvalue weighted by molar-refractivity contribution is 7.91. The molecule has 0 saturated carbocycles. The van der Waals surface area contributed by atoms with Crippen molar-refractivity contribution in [2.75, 3.05) is 6.54 Å². The van der Waals surface area contributed by atoms with Crippen molar-refractivity contribution in [3.8, 4) is 0 Å². The third kappa shape index (κ3) is 4.08. The van der Waals surface area contributed by atoms with Crippen molar-refractivity contribution in [2.45, 2.75) is 24.2 Å². The molecule has 2 rings (SSSR count). The predicted molar refractivity (Wildman–Crippen MR) is 77.8 cm³/mol. The summed E-state index contributed by atoms with van der Waals surface area (Å²) in [6.07, 6.45) is 0. The van der Waals surface area contributed by atoms with Crippen molar-refractivity contribution in [1.29, 1.82) is 0 Å². The molecule has 2 aromatic rings. The molecule has 19 heavy (non-hydrogen) atoms. The molecule has 0 bridgehead atoms. The van der Waals surface area contributed by atoms with E-state index in [1.165, 1.54) is 22.7 Å². The molecule has 0 saturated heterocycles. The Hall–Kier alpha value is -0.800. The molecule has 0 atom stereocenters. The summed E-state index contributed by atoms with van der Waals surface area (Å²) in [5, 5.41) is 6.85. The second-order valence-electron chi connectivity index (χ2n) is 3.86. The Kier molecular flexibility index (Phi) is 5.06. The first-order valence-electron chi connectivity index (χ1n) is 5.76. The van der Waals surface area contributed by atoms with Crippen LogP contribution in [0.5, 0.6) is 0 Å². The van der Waals surface area contributed by atoms with E-state index in [1.807, 2.05) is 17.7 Å². The Morgan fingerprint density at radius 3 is 2.84 bits per heavy atom. The minimum atomic E-state index is -3.44. The van der Waals surface area contributed by atoms with Gasteiger partial charge in [-0.1, -0.05) is 6.92 Å². The lowest BCUT2D eigenvalue weighted by atomic mass is 10.3. The maximum Gasteiger partial charge on any atom is 0.250 e. The lowest BCUT2D eigenvalue weighted by molar-refractivity contribution is 0.582.